The van der Waals surface area contributed by atoms with Gasteiger partial charge in [0.25, 0.3) is 5.76 Å². The summed E-state index contributed by atoms with van der Waals surface area (Å²) < 4.78 is 30.3. The fourth-order valence-electron chi connectivity index (χ4n) is 2.22. The number of aryl methyl sites for hydroxylation is 1. The molecule has 1 atom stereocenters. The number of ether oxygens (including phenoxy) is 1. The van der Waals surface area contributed by atoms with Crippen LogP contribution in [-0.4, -0.2) is 17.9 Å². The zero-order chi connectivity index (χ0) is 16.8. The number of halogens is 2. The lowest BCUT2D eigenvalue weighted by molar-refractivity contribution is 0.251. The number of nitrogens with one attached hydrogen (secondary N) is 1. The van der Waals surface area contributed by atoms with E-state index in [4.69, 9.17) is 4.74 Å². The molecule has 0 aliphatic carbocycles. The van der Waals surface area contributed by atoms with E-state index in [0.29, 0.717) is 29.0 Å². The van der Waals surface area contributed by atoms with Crippen molar-refractivity contribution >= 4 is 11.8 Å². The molecule has 1 heterocycles. The summed E-state index contributed by atoms with van der Waals surface area (Å²) in [6.07, 6.45) is 1.77. The number of hydrogen-bond acceptors (Lipinski definition) is 4. The predicted octanol–water partition coefficient (Wildman–Crippen LogP) is 4.56. The maximum absolute atomic E-state index is 12.5. The number of alkyl halides is 2. The molecule has 6 heteroatoms. The molecule has 1 aromatic carbocycles. The first kappa shape index (κ1) is 17.7. The number of nitrogens with zero attached hydrogens (tertiary/aromatic N) is 1. The van der Waals surface area contributed by atoms with E-state index in [1.165, 1.54) is 7.11 Å². The van der Waals surface area contributed by atoms with Crippen LogP contribution in [0, 0.1) is 6.92 Å². The van der Waals surface area contributed by atoms with E-state index in [1.54, 1.807) is 18.3 Å². The summed E-state index contributed by atoms with van der Waals surface area (Å²) in [6, 6.07) is 9.30. The van der Waals surface area contributed by atoms with Gasteiger partial charge in [-0.15, -0.1) is 0 Å². The third kappa shape index (κ3) is 4.91. The Balaban J connectivity index is 2.07. The van der Waals surface area contributed by atoms with E-state index in [0.717, 1.165) is 16.8 Å². The molecule has 0 unspecified atom stereocenters. The minimum atomic E-state index is -2.46. The highest BCUT2D eigenvalue weighted by atomic mass is 32.2. The molecule has 0 aliphatic rings. The van der Waals surface area contributed by atoms with Crippen molar-refractivity contribution in [2.24, 2.45) is 0 Å². The maximum Gasteiger partial charge on any atom is 0.289 e. The molecule has 0 aliphatic heterocycles. The number of benzene rings is 1. The van der Waals surface area contributed by atoms with Crippen LogP contribution in [0.1, 0.15) is 29.8 Å². The highest BCUT2D eigenvalue weighted by Gasteiger charge is 2.14. The maximum atomic E-state index is 12.5. The molecule has 0 amide bonds. The van der Waals surface area contributed by atoms with E-state index in [-0.39, 0.29) is 6.04 Å². The van der Waals surface area contributed by atoms with Gasteiger partial charge in [0.05, 0.1) is 17.7 Å². The van der Waals surface area contributed by atoms with Gasteiger partial charge in [0.1, 0.15) is 5.75 Å². The van der Waals surface area contributed by atoms with Crippen LogP contribution in [0.15, 0.2) is 41.4 Å². The molecule has 0 bridgehead atoms. The topological polar surface area (TPSA) is 34.1 Å². The average molecular weight is 338 g/mol. The van der Waals surface area contributed by atoms with Crippen molar-refractivity contribution in [3.63, 3.8) is 0 Å². The number of hydrogen-bond donors (Lipinski definition) is 1. The number of aromatic nitrogens is 1. The van der Waals surface area contributed by atoms with Crippen molar-refractivity contribution < 1.29 is 13.5 Å². The fraction of sp³-hybridized carbons (Fsp3) is 0.353. The minimum absolute atomic E-state index is 0.0518. The third-order valence-corrected chi connectivity index (χ3v) is 4.37. The van der Waals surface area contributed by atoms with Crippen LogP contribution in [0.4, 0.5) is 8.78 Å². The quantitative estimate of drug-likeness (QED) is 0.750. The van der Waals surface area contributed by atoms with Gasteiger partial charge in [0.2, 0.25) is 0 Å². The Morgan fingerprint density at radius 3 is 2.74 bits per heavy atom. The zero-order valence-electron chi connectivity index (χ0n) is 13.3. The van der Waals surface area contributed by atoms with Crippen molar-refractivity contribution in [1.29, 1.82) is 0 Å². The van der Waals surface area contributed by atoms with E-state index in [2.05, 4.69) is 10.3 Å². The monoisotopic (exact) mass is 338 g/mol. The Hall–Kier alpha value is -1.66. The molecule has 1 aromatic heterocycles. The lowest BCUT2D eigenvalue weighted by Gasteiger charge is -2.17. The van der Waals surface area contributed by atoms with Crippen molar-refractivity contribution in [1.82, 2.24) is 10.3 Å². The van der Waals surface area contributed by atoms with Crippen LogP contribution >= 0.6 is 11.8 Å². The second kappa shape index (κ2) is 8.26. The second-order valence-corrected chi connectivity index (χ2v) is 6.19. The number of thioether (sulfide) groups is 1. The van der Waals surface area contributed by atoms with Crippen LogP contribution in [0.25, 0.3) is 0 Å². The number of rotatable bonds is 7. The summed E-state index contributed by atoms with van der Waals surface area (Å²) in [5, 5.41) is 3.39. The van der Waals surface area contributed by atoms with Gasteiger partial charge in [-0.1, -0.05) is 23.9 Å². The van der Waals surface area contributed by atoms with Gasteiger partial charge in [-0.05, 0) is 43.2 Å². The molecule has 23 heavy (non-hydrogen) atoms. The molecule has 0 spiro atoms. The summed E-state index contributed by atoms with van der Waals surface area (Å²) in [4.78, 5) is 4.79. The number of pyridine rings is 1. The van der Waals surface area contributed by atoms with E-state index in [9.17, 15) is 8.78 Å². The van der Waals surface area contributed by atoms with Crippen LogP contribution in [-0.2, 0) is 6.54 Å². The van der Waals surface area contributed by atoms with Gasteiger partial charge in [-0.25, -0.2) is 0 Å². The zero-order valence-corrected chi connectivity index (χ0v) is 14.2. The molecule has 0 fully saturated rings. The summed E-state index contributed by atoms with van der Waals surface area (Å²) in [6.45, 7) is 4.69. The SMILES string of the molecule is COc1cc([C@@H](C)NCc2ncccc2C)ccc1SC(F)F. The van der Waals surface area contributed by atoms with Crippen molar-refractivity contribution in [2.75, 3.05) is 7.11 Å². The first-order valence-corrected chi connectivity index (χ1v) is 8.16. The van der Waals surface area contributed by atoms with Crippen LogP contribution in [0.3, 0.4) is 0 Å². The molecule has 1 N–H and O–H groups in total. The highest BCUT2D eigenvalue weighted by molar-refractivity contribution is 7.99. The fourth-order valence-corrected chi connectivity index (χ4v) is 2.81. The molecule has 3 nitrogen and oxygen atoms in total. The molecular weight excluding hydrogens is 318 g/mol. The molecular formula is C17H20F2N2OS. The predicted molar refractivity (Wildman–Crippen MR) is 89.1 cm³/mol. The largest absolute Gasteiger partial charge is 0.496 e. The first-order chi connectivity index (χ1) is 11.0. The second-order valence-electron chi connectivity index (χ2n) is 5.16. The molecule has 124 valence electrons. The minimum Gasteiger partial charge on any atom is -0.496 e. The van der Waals surface area contributed by atoms with Gasteiger partial charge < -0.3 is 10.1 Å². The summed E-state index contributed by atoms with van der Waals surface area (Å²) in [5.74, 6) is -1.99. The van der Waals surface area contributed by atoms with Gasteiger partial charge in [0, 0.05) is 18.8 Å². The first-order valence-electron chi connectivity index (χ1n) is 7.28. The molecule has 0 saturated carbocycles. The van der Waals surface area contributed by atoms with Crippen LogP contribution in [0.5, 0.6) is 5.75 Å². The highest BCUT2D eigenvalue weighted by Crippen LogP contribution is 2.35. The van der Waals surface area contributed by atoms with Gasteiger partial charge in [-0.2, -0.15) is 8.78 Å². The Morgan fingerprint density at radius 2 is 2.09 bits per heavy atom. The number of methoxy groups -OCH3 is 1. The van der Waals surface area contributed by atoms with E-state index < -0.39 is 5.76 Å². The lowest BCUT2D eigenvalue weighted by atomic mass is 10.1. The smallest absolute Gasteiger partial charge is 0.289 e. The lowest BCUT2D eigenvalue weighted by Crippen LogP contribution is -2.19. The van der Waals surface area contributed by atoms with E-state index >= 15 is 0 Å². The molecule has 0 saturated heterocycles. The van der Waals surface area contributed by atoms with Gasteiger partial charge in [-0.3, -0.25) is 4.98 Å². The van der Waals surface area contributed by atoms with Crippen LogP contribution in [0.2, 0.25) is 0 Å². The molecule has 0 radical (unpaired) electrons. The van der Waals surface area contributed by atoms with Crippen molar-refractivity contribution in [2.45, 2.75) is 37.1 Å². The Kier molecular flexibility index (Phi) is 6.36. The molecule has 2 aromatic rings. The van der Waals surface area contributed by atoms with Gasteiger partial charge >= 0.3 is 0 Å². The third-order valence-electron chi connectivity index (χ3n) is 3.60. The Labute approximate surface area is 139 Å². The Bertz CT molecular complexity index is 652. The normalized spacial score (nSPS) is 12.4. The van der Waals surface area contributed by atoms with Crippen molar-refractivity contribution in [3.05, 3.63) is 53.3 Å². The van der Waals surface area contributed by atoms with Crippen LogP contribution < -0.4 is 10.1 Å². The standard InChI is InChI=1S/C17H20F2N2OS/c1-11-5-4-8-20-14(11)10-21-12(2)13-6-7-16(23-17(18)19)15(9-13)22-3/h4-9,12,17,21H,10H2,1-3H3/t12-/m1/s1. The van der Waals surface area contributed by atoms with Crippen molar-refractivity contribution in [3.8, 4) is 5.75 Å². The Morgan fingerprint density at radius 1 is 1.30 bits per heavy atom. The van der Waals surface area contributed by atoms with Gasteiger partial charge in [0.15, 0.2) is 0 Å². The van der Waals surface area contributed by atoms with E-state index in [1.807, 2.05) is 32.0 Å². The molecule has 2 rings (SSSR count). The summed E-state index contributed by atoms with van der Waals surface area (Å²) in [5.41, 5.74) is 3.11. The average Bonchev–Trinajstić information content (AvgIpc) is 2.53. The summed E-state index contributed by atoms with van der Waals surface area (Å²) >= 11 is 0.493. The summed E-state index contributed by atoms with van der Waals surface area (Å²) in [7, 11) is 1.49.